The molecule has 3 aromatic carbocycles. The number of carbonyl (C=O) groups is 3. The quantitative estimate of drug-likeness (QED) is 0.309. The van der Waals surface area contributed by atoms with Gasteiger partial charge in [0.2, 0.25) is 0 Å². The summed E-state index contributed by atoms with van der Waals surface area (Å²) in [5, 5.41) is 2.90. The minimum absolute atomic E-state index is 0.0254. The number of halogens is 1. The van der Waals surface area contributed by atoms with Crippen molar-refractivity contribution in [1.29, 1.82) is 0 Å². The van der Waals surface area contributed by atoms with Gasteiger partial charge in [0.1, 0.15) is 5.75 Å². The maximum Gasteiger partial charge on any atom is 0.340 e. The summed E-state index contributed by atoms with van der Waals surface area (Å²) in [4.78, 5) is 38.2. The zero-order valence-electron chi connectivity index (χ0n) is 19.4. The third-order valence-electron chi connectivity index (χ3n) is 4.93. The number of hydrogen-bond donors (Lipinski definition) is 1. The minimum atomic E-state index is -0.834. The number of ketones is 1. The highest BCUT2D eigenvalue weighted by Gasteiger charge is 2.22. The molecule has 3 rings (SSSR count). The molecule has 35 heavy (non-hydrogen) atoms. The van der Waals surface area contributed by atoms with Crippen molar-refractivity contribution >= 4 is 34.9 Å². The monoisotopic (exact) mass is 497 g/mol. The van der Waals surface area contributed by atoms with E-state index >= 15 is 0 Å². The molecule has 8 nitrogen and oxygen atoms in total. The first-order valence-electron chi connectivity index (χ1n) is 10.6. The summed E-state index contributed by atoms with van der Waals surface area (Å²) in [6.45, 7) is 1.86. The van der Waals surface area contributed by atoms with Crippen LogP contribution in [0.25, 0.3) is 0 Å². The molecule has 0 bridgehead atoms. The topological polar surface area (TPSA) is 100 Å². The Kier molecular flexibility index (Phi) is 8.69. The smallest absolute Gasteiger partial charge is 0.340 e. The number of Topliss-reactive ketones (excluding diaryl/α,β-unsaturated/α-hetero) is 1. The molecular weight excluding hydrogens is 474 g/mol. The second-order valence-corrected chi connectivity index (χ2v) is 7.55. The minimum Gasteiger partial charge on any atom is -0.494 e. The fourth-order valence-electron chi connectivity index (χ4n) is 3.18. The van der Waals surface area contributed by atoms with Gasteiger partial charge in [-0.25, -0.2) is 4.79 Å². The first-order chi connectivity index (χ1) is 16.9. The molecule has 0 heterocycles. The van der Waals surface area contributed by atoms with Crippen LogP contribution in [0.2, 0.25) is 5.02 Å². The third-order valence-corrected chi connectivity index (χ3v) is 5.26. The molecule has 0 saturated heterocycles. The molecule has 9 heteroatoms. The number of benzene rings is 3. The maximum absolute atomic E-state index is 12.9. The number of amides is 1. The Morgan fingerprint density at radius 3 is 2.17 bits per heavy atom. The lowest BCUT2D eigenvalue weighted by Gasteiger charge is -2.15. The highest BCUT2D eigenvalue weighted by Crippen LogP contribution is 2.34. The van der Waals surface area contributed by atoms with Crippen molar-refractivity contribution in [2.75, 3.05) is 32.8 Å². The standard InChI is InChI=1S/C26H24ClNO7/c1-4-34-17-11-9-16(10-12-17)22(29)15-35-26(31)19-13-23(32-2)24(33-3)14-21(19)28-25(30)18-7-5-6-8-20(18)27/h5-14H,4,15H2,1-3H3,(H,28,30). The highest BCUT2D eigenvalue weighted by molar-refractivity contribution is 6.34. The van der Waals surface area contributed by atoms with Crippen LogP contribution in [0.5, 0.6) is 17.2 Å². The number of carbonyl (C=O) groups excluding carboxylic acids is 3. The summed E-state index contributed by atoms with van der Waals surface area (Å²) in [5.41, 5.74) is 0.656. The molecule has 0 aliphatic carbocycles. The largest absolute Gasteiger partial charge is 0.494 e. The van der Waals surface area contributed by atoms with Crippen molar-refractivity contribution in [3.05, 3.63) is 82.4 Å². The molecule has 1 N–H and O–H groups in total. The van der Waals surface area contributed by atoms with Gasteiger partial charge in [-0.2, -0.15) is 0 Å². The van der Waals surface area contributed by atoms with Crippen LogP contribution < -0.4 is 19.5 Å². The first kappa shape index (κ1) is 25.6. The molecule has 0 aliphatic heterocycles. The van der Waals surface area contributed by atoms with Crippen LogP contribution in [-0.4, -0.2) is 45.1 Å². The van der Waals surface area contributed by atoms with E-state index < -0.39 is 24.3 Å². The van der Waals surface area contributed by atoms with Gasteiger partial charge >= 0.3 is 5.97 Å². The molecule has 1 amide bonds. The Balaban J connectivity index is 1.82. The number of ether oxygens (including phenoxy) is 4. The van der Waals surface area contributed by atoms with E-state index in [0.717, 1.165) is 0 Å². The molecule has 0 fully saturated rings. The lowest BCUT2D eigenvalue weighted by atomic mass is 10.1. The molecule has 0 saturated carbocycles. The van der Waals surface area contributed by atoms with Crippen LogP contribution in [0.15, 0.2) is 60.7 Å². The Bertz CT molecular complexity index is 1220. The van der Waals surface area contributed by atoms with E-state index in [2.05, 4.69) is 5.32 Å². The maximum atomic E-state index is 12.9. The normalized spacial score (nSPS) is 10.3. The summed E-state index contributed by atoms with van der Waals surface area (Å²) in [7, 11) is 2.83. The van der Waals surface area contributed by atoms with Gasteiger partial charge in [-0.05, 0) is 43.3 Å². The van der Waals surface area contributed by atoms with Crippen LogP contribution in [0.3, 0.4) is 0 Å². The van der Waals surface area contributed by atoms with E-state index in [1.54, 1.807) is 48.5 Å². The van der Waals surface area contributed by atoms with Gasteiger partial charge in [0.25, 0.3) is 5.91 Å². The van der Waals surface area contributed by atoms with E-state index in [-0.39, 0.29) is 33.3 Å². The summed E-state index contributed by atoms with van der Waals surface area (Å²) in [6.07, 6.45) is 0. The molecule has 0 atom stereocenters. The Morgan fingerprint density at radius 1 is 0.886 bits per heavy atom. The van der Waals surface area contributed by atoms with Gasteiger partial charge in [-0.15, -0.1) is 0 Å². The van der Waals surface area contributed by atoms with E-state index in [1.165, 1.54) is 26.4 Å². The van der Waals surface area contributed by atoms with Crippen molar-refractivity contribution in [2.24, 2.45) is 0 Å². The molecule has 0 unspecified atom stereocenters. The van der Waals surface area contributed by atoms with Crippen molar-refractivity contribution in [1.82, 2.24) is 0 Å². The molecule has 0 spiro atoms. The molecule has 3 aromatic rings. The van der Waals surface area contributed by atoms with Crippen LogP contribution >= 0.6 is 11.6 Å². The van der Waals surface area contributed by atoms with Gasteiger partial charge in [0.05, 0.1) is 42.7 Å². The third kappa shape index (κ3) is 6.30. The first-order valence-corrected chi connectivity index (χ1v) is 11.0. The fourth-order valence-corrected chi connectivity index (χ4v) is 3.40. The van der Waals surface area contributed by atoms with Gasteiger partial charge in [0, 0.05) is 17.7 Å². The van der Waals surface area contributed by atoms with Crippen LogP contribution in [0, 0.1) is 0 Å². The van der Waals surface area contributed by atoms with Gasteiger partial charge < -0.3 is 24.3 Å². The average Bonchev–Trinajstić information content (AvgIpc) is 2.87. The Hall–Kier alpha value is -4.04. The van der Waals surface area contributed by atoms with Crippen molar-refractivity contribution in [2.45, 2.75) is 6.92 Å². The van der Waals surface area contributed by atoms with Gasteiger partial charge in [-0.3, -0.25) is 9.59 Å². The zero-order chi connectivity index (χ0) is 25.4. The second-order valence-electron chi connectivity index (χ2n) is 7.14. The number of hydrogen-bond acceptors (Lipinski definition) is 7. The number of anilines is 1. The van der Waals surface area contributed by atoms with Crippen LogP contribution in [0.4, 0.5) is 5.69 Å². The lowest BCUT2D eigenvalue weighted by molar-refractivity contribution is 0.0475. The van der Waals surface area contributed by atoms with E-state index in [0.29, 0.717) is 17.9 Å². The molecule has 0 aromatic heterocycles. The summed E-state index contributed by atoms with van der Waals surface area (Å²) >= 11 is 6.12. The van der Waals surface area contributed by atoms with Crippen molar-refractivity contribution in [3.63, 3.8) is 0 Å². The van der Waals surface area contributed by atoms with Gasteiger partial charge in [0.15, 0.2) is 23.9 Å². The fraction of sp³-hybridized carbons (Fsp3) is 0.192. The Morgan fingerprint density at radius 2 is 1.54 bits per heavy atom. The SMILES string of the molecule is CCOc1ccc(C(=O)COC(=O)c2cc(OC)c(OC)cc2NC(=O)c2ccccc2Cl)cc1. The van der Waals surface area contributed by atoms with E-state index in [9.17, 15) is 14.4 Å². The van der Waals surface area contributed by atoms with E-state index in [4.69, 9.17) is 30.5 Å². The molecule has 0 aliphatic rings. The van der Waals surface area contributed by atoms with Crippen LogP contribution in [0.1, 0.15) is 38.0 Å². The predicted molar refractivity (Wildman–Crippen MR) is 131 cm³/mol. The Labute approximate surface area is 207 Å². The number of methoxy groups -OCH3 is 2. The summed E-state index contributed by atoms with van der Waals surface area (Å²) in [6, 6.07) is 15.8. The highest BCUT2D eigenvalue weighted by atomic mass is 35.5. The summed E-state index contributed by atoms with van der Waals surface area (Å²) < 4.78 is 21.2. The predicted octanol–water partition coefficient (Wildman–Crippen LogP) is 5.05. The number of esters is 1. The molecule has 182 valence electrons. The lowest BCUT2D eigenvalue weighted by Crippen LogP contribution is -2.19. The average molecular weight is 498 g/mol. The van der Waals surface area contributed by atoms with Gasteiger partial charge in [-0.1, -0.05) is 23.7 Å². The summed E-state index contributed by atoms with van der Waals surface area (Å²) in [5.74, 6) is -0.618. The number of rotatable bonds is 10. The van der Waals surface area contributed by atoms with Crippen LogP contribution in [-0.2, 0) is 4.74 Å². The molecular formula is C26H24ClNO7. The zero-order valence-corrected chi connectivity index (χ0v) is 20.2. The van der Waals surface area contributed by atoms with Crippen molar-refractivity contribution in [3.8, 4) is 17.2 Å². The van der Waals surface area contributed by atoms with E-state index in [1.807, 2.05) is 6.92 Å². The number of nitrogens with one attached hydrogen (secondary N) is 1. The van der Waals surface area contributed by atoms with Crippen molar-refractivity contribution < 1.29 is 33.3 Å². The molecule has 0 radical (unpaired) electrons. The second kappa shape index (κ2) is 11.9.